The van der Waals surface area contributed by atoms with E-state index in [1.54, 1.807) is 11.8 Å². The van der Waals surface area contributed by atoms with E-state index < -0.39 is 0 Å². The molecule has 0 spiro atoms. The van der Waals surface area contributed by atoms with Crippen molar-refractivity contribution in [3.8, 4) is 0 Å². The van der Waals surface area contributed by atoms with Crippen LogP contribution in [-0.4, -0.2) is 10.1 Å². The second-order valence-corrected chi connectivity index (χ2v) is 6.11. The Hall–Kier alpha value is -1.01. The van der Waals surface area contributed by atoms with Gasteiger partial charge in [0, 0.05) is 21.0 Å². The highest BCUT2D eigenvalue weighted by Crippen LogP contribution is 2.30. The summed E-state index contributed by atoms with van der Waals surface area (Å²) in [5.74, 6) is 2.28. The lowest BCUT2D eigenvalue weighted by Crippen LogP contribution is -1.91. The van der Waals surface area contributed by atoms with E-state index in [1.807, 2.05) is 32.0 Å². The van der Waals surface area contributed by atoms with Gasteiger partial charge in [0.2, 0.25) is 5.89 Å². The Morgan fingerprint density at radius 2 is 2.22 bits per heavy atom. The lowest BCUT2D eigenvalue weighted by Gasteiger charge is -2.03. The van der Waals surface area contributed by atoms with Crippen molar-refractivity contribution in [2.45, 2.75) is 30.4 Å². The smallest absolute Gasteiger partial charge is 0.229 e. The SMILES string of the molecule is CC(C)c1nc(CSc2cc(Br)ccc2N)no1. The van der Waals surface area contributed by atoms with E-state index in [9.17, 15) is 0 Å². The quantitative estimate of drug-likeness (QED) is 0.682. The van der Waals surface area contributed by atoms with Crippen LogP contribution in [0.25, 0.3) is 0 Å². The van der Waals surface area contributed by atoms with Gasteiger partial charge in [-0.25, -0.2) is 0 Å². The molecule has 1 aromatic heterocycles. The minimum Gasteiger partial charge on any atom is -0.398 e. The number of nitrogens with two attached hydrogens (primary N) is 1. The predicted octanol–water partition coefficient (Wildman–Crippen LogP) is 3.83. The number of halogens is 1. The first kappa shape index (κ1) is 13.4. The Morgan fingerprint density at radius 1 is 1.44 bits per heavy atom. The summed E-state index contributed by atoms with van der Waals surface area (Å²) in [5.41, 5.74) is 6.66. The van der Waals surface area contributed by atoms with Gasteiger partial charge < -0.3 is 10.3 Å². The Morgan fingerprint density at radius 3 is 2.89 bits per heavy atom. The molecule has 4 nitrogen and oxygen atoms in total. The third-order valence-electron chi connectivity index (χ3n) is 2.31. The average Bonchev–Trinajstić information content (AvgIpc) is 2.79. The minimum atomic E-state index is 0.257. The maximum absolute atomic E-state index is 5.90. The van der Waals surface area contributed by atoms with Gasteiger partial charge in [0.25, 0.3) is 0 Å². The lowest BCUT2D eigenvalue weighted by molar-refractivity contribution is 0.362. The molecule has 18 heavy (non-hydrogen) atoms. The highest BCUT2D eigenvalue weighted by Gasteiger charge is 2.10. The number of nitrogens with zero attached hydrogens (tertiary/aromatic N) is 2. The first-order valence-corrected chi connectivity index (χ1v) is 7.34. The molecule has 2 N–H and O–H groups in total. The standard InChI is InChI=1S/C12H14BrN3OS/c1-7(2)12-15-11(16-17-12)6-18-10-5-8(13)3-4-9(10)14/h3-5,7H,6,14H2,1-2H3. The number of benzene rings is 1. The largest absolute Gasteiger partial charge is 0.398 e. The van der Waals surface area contributed by atoms with Crippen molar-refractivity contribution in [3.05, 3.63) is 34.4 Å². The molecular weight excluding hydrogens is 314 g/mol. The summed E-state index contributed by atoms with van der Waals surface area (Å²) in [6, 6.07) is 5.79. The van der Waals surface area contributed by atoms with E-state index in [4.69, 9.17) is 10.3 Å². The molecule has 0 aliphatic carbocycles. The van der Waals surface area contributed by atoms with Crippen molar-refractivity contribution in [1.82, 2.24) is 10.1 Å². The van der Waals surface area contributed by atoms with Crippen LogP contribution < -0.4 is 5.73 Å². The number of thioether (sulfide) groups is 1. The summed E-state index contributed by atoms with van der Waals surface area (Å²) in [6.07, 6.45) is 0. The van der Waals surface area contributed by atoms with E-state index >= 15 is 0 Å². The van der Waals surface area contributed by atoms with Gasteiger partial charge in [0.15, 0.2) is 5.82 Å². The molecule has 1 aromatic carbocycles. The highest BCUT2D eigenvalue weighted by molar-refractivity contribution is 9.10. The van der Waals surface area contributed by atoms with Crippen LogP contribution in [-0.2, 0) is 5.75 Å². The summed E-state index contributed by atoms with van der Waals surface area (Å²) in [6.45, 7) is 4.05. The topological polar surface area (TPSA) is 64.9 Å². The first-order chi connectivity index (χ1) is 8.56. The zero-order valence-electron chi connectivity index (χ0n) is 10.2. The molecular formula is C12H14BrN3OS. The molecule has 0 radical (unpaired) electrons. The normalized spacial score (nSPS) is 11.1. The Kier molecular flexibility index (Phi) is 4.29. The van der Waals surface area contributed by atoms with Gasteiger partial charge in [-0.3, -0.25) is 0 Å². The molecule has 0 unspecified atom stereocenters. The van der Waals surface area contributed by atoms with Crippen LogP contribution >= 0.6 is 27.7 Å². The van der Waals surface area contributed by atoms with Crippen LogP contribution in [0.3, 0.4) is 0 Å². The molecule has 0 fully saturated rings. The monoisotopic (exact) mass is 327 g/mol. The summed E-state index contributed by atoms with van der Waals surface area (Å²) in [4.78, 5) is 5.34. The van der Waals surface area contributed by atoms with Crippen molar-refractivity contribution in [1.29, 1.82) is 0 Å². The van der Waals surface area contributed by atoms with Crippen LogP contribution in [0, 0.1) is 0 Å². The molecule has 6 heteroatoms. The molecule has 2 aromatic rings. The predicted molar refractivity (Wildman–Crippen MR) is 76.5 cm³/mol. The average molecular weight is 328 g/mol. The molecule has 0 atom stereocenters. The number of anilines is 1. The fraction of sp³-hybridized carbons (Fsp3) is 0.333. The second kappa shape index (κ2) is 5.75. The zero-order chi connectivity index (χ0) is 13.1. The number of hydrogen-bond donors (Lipinski definition) is 1. The van der Waals surface area contributed by atoms with Gasteiger partial charge in [0.1, 0.15) is 0 Å². The Bertz CT molecular complexity index is 542. The molecule has 0 aliphatic heterocycles. The number of nitrogen functional groups attached to an aromatic ring is 1. The Labute approximate surface area is 118 Å². The second-order valence-electron chi connectivity index (χ2n) is 4.17. The van der Waals surface area contributed by atoms with Crippen LogP contribution in [0.5, 0.6) is 0 Å². The van der Waals surface area contributed by atoms with Crippen LogP contribution in [0.15, 0.2) is 32.1 Å². The number of aromatic nitrogens is 2. The van der Waals surface area contributed by atoms with Crippen molar-refractivity contribution >= 4 is 33.4 Å². The van der Waals surface area contributed by atoms with Crippen molar-refractivity contribution in [2.24, 2.45) is 0 Å². The first-order valence-electron chi connectivity index (χ1n) is 5.56. The molecule has 0 aliphatic rings. The van der Waals surface area contributed by atoms with Gasteiger partial charge in [-0.15, -0.1) is 11.8 Å². The molecule has 0 saturated heterocycles. The maximum atomic E-state index is 5.90. The van der Waals surface area contributed by atoms with Gasteiger partial charge in [-0.2, -0.15) is 4.98 Å². The van der Waals surface area contributed by atoms with Crippen LogP contribution in [0.1, 0.15) is 31.5 Å². The van der Waals surface area contributed by atoms with Crippen molar-refractivity contribution in [2.75, 3.05) is 5.73 Å². The van der Waals surface area contributed by atoms with Gasteiger partial charge in [-0.05, 0) is 18.2 Å². The molecule has 0 saturated carbocycles. The van der Waals surface area contributed by atoms with Crippen molar-refractivity contribution < 1.29 is 4.52 Å². The summed E-state index contributed by atoms with van der Waals surface area (Å²) < 4.78 is 6.16. The van der Waals surface area contributed by atoms with E-state index in [0.29, 0.717) is 17.5 Å². The van der Waals surface area contributed by atoms with Crippen LogP contribution in [0.2, 0.25) is 0 Å². The molecule has 0 amide bonds. The highest BCUT2D eigenvalue weighted by atomic mass is 79.9. The number of rotatable bonds is 4. The molecule has 1 heterocycles. The Balaban J connectivity index is 2.04. The van der Waals surface area contributed by atoms with Crippen LogP contribution in [0.4, 0.5) is 5.69 Å². The summed E-state index contributed by atoms with van der Waals surface area (Å²) in [5, 5.41) is 3.95. The maximum Gasteiger partial charge on any atom is 0.229 e. The van der Waals surface area contributed by atoms with E-state index in [0.717, 1.165) is 15.1 Å². The molecule has 0 bridgehead atoms. The molecule has 96 valence electrons. The summed E-state index contributed by atoms with van der Waals surface area (Å²) >= 11 is 5.03. The third kappa shape index (κ3) is 3.26. The third-order valence-corrected chi connectivity index (χ3v) is 3.87. The van der Waals surface area contributed by atoms with E-state index in [-0.39, 0.29) is 5.92 Å². The summed E-state index contributed by atoms with van der Waals surface area (Å²) in [7, 11) is 0. The van der Waals surface area contributed by atoms with Gasteiger partial charge >= 0.3 is 0 Å². The molecule has 2 rings (SSSR count). The number of hydrogen-bond acceptors (Lipinski definition) is 5. The van der Waals surface area contributed by atoms with Gasteiger partial charge in [0.05, 0.1) is 5.75 Å². The van der Waals surface area contributed by atoms with E-state index in [2.05, 4.69) is 26.1 Å². The van der Waals surface area contributed by atoms with Gasteiger partial charge in [-0.1, -0.05) is 34.9 Å². The van der Waals surface area contributed by atoms with Crippen molar-refractivity contribution in [3.63, 3.8) is 0 Å². The lowest BCUT2D eigenvalue weighted by atomic mass is 10.2. The fourth-order valence-corrected chi connectivity index (χ4v) is 2.70. The fourth-order valence-electron chi connectivity index (χ4n) is 1.34. The van der Waals surface area contributed by atoms with E-state index in [1.165, 1.54) is 0 Å². The minimum absolute atomic E-state index is 0.257. The zero-order valence-corrected chi connectivity index (χ0v) is 12.6.